The van der Waals surface area contributed by atoms with Gasteiger partial charge >= 0.3 is 0 Å². The highest BCUT2D eigenvalue weighted by Gasteiger charge is 2.22. The highest BCUT2D eigenvalue weighted by molar-refractivity contribution is 6.18. The van der Waals surface area contributed by atoms with E-state index in [4.69, 9.17) is 4.98 Å². The van der Waals surface area contributed by atoms with Crippen molar-refractivity contribution >= 4 is 32.6 Å². The molecule has 8 aromatic rings. The maximum atomic E-state index is 5.03. The van der Waals surface area contributed by atoms with Crippen molar-refractivity contribution in [2.45, 2.75) is 0 Å². The normalized spacial score (nSPS) is 11.8. The minimum Gasteiger partial charge on any atom is -0.254 e. The monoisotopic (exact) mass is 532 g/mol. The summed E-state index contributed by atoms with van der Waals surface area (Å²) in [6, 6.07) is 50.2. The van der Waals surface area contributed by atoms with Crippen molar-refractivity contribution in [3.63, 3.8) is 0 Å². The van der Waals surface area contributed by atoms with Gasteiger partial charge in [-0.25, -0.2) is 4.98 Å². The van der Waals surface area contributed by atoms with E-state index < -0.39 is 0 Å². The third-order valence-corrected chi connectivity index (χ3v) is 8.67. The predicted molar refractivity (Wildman–Crippen MR) is 175 cm³/mol. The van der Waals surface area contributed by atoms with Gasteiger partial charge in [0.2, 0.25) is 0 Å². The Balaban J connectivity index is 1.10. The number of aromatic nitrogens is 2. The highest BCUT2D eigenvalue weighted by atomic mass is 14.7. The molecule has 0 atom stereocenters. The molecule has 0 saturated heterocycles. The molecule has 0 aliphatic heterocycles. The Kier molecular flexibility index (Phi) is 4.93. The van der Waals surface area contributed by atoms with Crippen molar-refractivity contribution in [3.8, 4) is 55.8 Å². The number of benzene rings is 6. The van der Waals surface area contributed by atoms with Crippen LogP contribution < -0.4 is 0 Å². The molecular weight excluding hydrogens is 508 g/mol. The van der Waals surface area contributed by atoms with E-state index in [1.807, 2.05) is 12.3 Å². The van der Waals surface area contributed by atoms with Gasteiger partial charge in [-0.05, 0) is 73.5 Å². The van der Waals surface area contributed by atoms with E-state index in [0.29, 0.717) is 0 Å². The van der Waals surface area contributed by atoms with E-state index in [1.54, 1.807) is 0 Å². The van der Waals surface area contributed by atoms with Gasteiger partial charge in [-0.3, -0.25) is 4.98 Å². The number of hydrogen-bond donors (Lipinski definition) is 0. The summed E-state index contributed by atoms with van der Waals surface area (Å²) in [7, 11) is 0. The van der Waals surface area contributed by atoms with Gasteiger partial charge < -0.3 is 0 Å². The van der Waals surface area contributed by atoms with Crippen LogP contribution in [-0.4, -0.2) is 9.97 Å². The van der Waals surface area contributed by atoms with Crippen LogP contribution in [0.4, 0.5) is 0 Å². The number of hydrogen-bond acceptors (Lipinski definition) is 2. The molecule has 2 aromatic heterocycles. The molecular formula is C40H24N2. The molecule has 0 fully saturated rings. The van der Waals surface area contributed by atoms with Crippen LogP contribution in [0.3, 0.4) is 0 Å². The summed E-state index contributed by atoms with van der Waals surface area (Å²) in [5.74, 6) is 0. The van der Waals surface area contributed by atoms with Crippen molar-refractivity contribution in [2.24, 2.45) is 0 Å². The Morgan fingerprint density at radius 1 is 0.381 bits per heavy atom. The zero-order chi connectivity index (χ0) is 27.6. The number of nitrogens with zero attached hydrogens (tertiary/aromatic N) is 2. The van der Waals surface area contributed by atoms with Gasteiger partial charge in [0.05, 0.1) is 16.7 Å². The molecule has 0 amide bonds. The Labute approximate surface area is 243 Å². The Morgan fingerprint density at radius 3 is 1.90 bits per heavy atom. The molecule has 2 heteroatoms. The first-order valence-corrected chi connectivity index (χ1v) is 14.3. The molecule has 42 heavy (non-hydrogen) atoms. The molecule has 9 rings (SSSR count). The smallest absolute Gasteiger partial charge is 0.0972 e. The number of pyridine rings is 2. The molecule has 0 unspecified atom stereocenters. The van der Waals surface area contributed by atoms with Gasteiger partial charge in [0.1, 0.15) is 0 Å². The number of rotatable bonds is 3. The van der Waals surface area contributed by atoms with E-state index in [-0.39, 0.29) is 0 Å². The largest absolute Gasteiger partial charge is 0.254 e. The van der Waals surface area contributed by atoms with E-state index in [2.05, 4.69) is 138 Å². The molecule has 0 spiro atoms. The van der Waals surface area contributed by atoms with Crippen LogP contribution in [-0.2, 0) is 0 Å². The van der Waals surface area contributed by atoms with E-state index in [0.717, 1.165) is 33.1 Å². The maximum Gasteiger partial charge on any atom is 0.0972 e. The quantitative estimate of drug-likeness (QED) is 0.212. The summed E-state index contributed by atoms with van der Waals surface area (Å²) in [4.78, 5) is 9.64. The lowest BCUT2D eigenvalue weighted by molar-refractivity contribution is 1.37. The van der Waals surface area contributed by atoms with Crippen molar-refractivity contribution in [2.75, 3.05) is 0 Å². The third kappa shape index (κ3) is 3.45. The summed E-state index contributed by atoms with van der Waals surface area (Å²) in [5.41, 5.74) is 14.1. The maximum absolute atomic E-state index is 5.03. The summed E-state index contributed by atoms with van der Waals surface area (Å²) < 4.78 is 0. The van der Waals surface area contributed by atoms with Crippen molar-refractivity contribution in [3.05, 3.63) is 146 Å². The van der Waals surface area contributed by atoms with Crippen molar-refractivity contribution < 1.29 is 0 Å². The SMILES string of the molecule is c1cc(-c2ccc(-c3ccc4ccc5cccnc5c4n3)cc2)cc(-c2ccc3c4c(cccc24)-c2ccccc2-3)c1. The van der Waals surface area contributed by atoms with Gasteiger partial charge in [-0.1, -0.05) is 121 Å². The molecule has 6 aromatic carbocycles. The molecule has 194 valence electrons. The molecule has 1 aliphatic rings. The van der Waals surface area contributed by atoms with Gasteiger partial charge in [0.25, 0.3) is 0 Å². The topological polar surface area (TPSA) is 25.8 Å². The molecule has 0 radical (unpaired) electrons. The molecule has 1 aliphatic carbocycles. The van der Waals surface area contributed by atoms with E-state index in [1.165, 1.54) is 55.3 Å². The zero-order valence-electron chi connectivity index (χ0n) is 22.8. The first-order chi connectivity index (χ1) is 20.8. The Hall–Kier alpha value is -5.60. The van der Waals surface area contributed by atoms with Gasteiger partial charge in [-0.15, -0.1) is 0 Å². The fourth-order valence-electron chi connectivity index (χ4n) is 6.64. The van der Waals surface area contributed by atoms with Crippen LogP contribution in [0.2, 0.25) is 0 Å². The molecule has 0 saturated carbocycles. The lowest BCUT2D eigenvalue weighted by Gasteiger charge is -2.12. The standard InChI is InChI=1S/C40H24N2/c1-2-10-33-32(9-1)35-12-4-11-34-31(20-21-36(33)38(34)35)30-7-3-6-29(24-30)25-13-15-26(16-14-25)37-22-19-28-18-17-27-8-5-23-41-39(27)40(28)42-37/h1-24H. The highest BCUT2D eigenvalue weighted by Crippen LogP contribution is 2.49. The van der Waals surface area contributed by atoms with Crippen LogP contribution >= 0.6 is 0 Å². The summed E-state index contributed by atoms with van der Waals surface area (Å²) in [6.07, 6.45) is 1.84. The Bertz CT molecular complexity index is 2320. The van der Waals surface area contributed by atoms with Gasteiger partial charge in [-0.2, -0.15) is 0 Å². The lowest BCUT2D eigenvalue weighted by Crippen LogP contribution is -1.89. The van der Waals surface area contributed by atoms with Crippen molar-refractivity contribution in [1.29, 1.82) is 0 Å². The van der Waals surface area contributed by atoms with Crippen LogP contribution in [0.5, 0.6) is 0 Å². The van der Waals surface area contributed by atoms with Crippen LogP contribution in [0.15, 0.2) is 146 Å². The molecule has 2 heterocycles. The summed E-state index contributed by atoms with van der Waals surface area (Å²) in [5, 5.41) is 4.87. The number of fused-ring (bicyclic) bond motifs is 6. The fraction of sp³-hybridized carbons (Fsp3) is 0. The first-order valence-electron chi connectivity index (χ1n) is 14.3. The van der Waals surface area contributed by atoms with Gasteiger partial charge in [0, 0.05) is 22.5 Å². The molecule has 2 nitrogen and oxygen atoms in total. The molecule has 0 N–H and O–H groups in total. The van der Waals surface area contributed by atoms with Crippen LogP contribution in [0.25, 0.3) is 88.3 Å². The van der Waals surface area contributed by atoms with E-state index >= 15 is 0 Å². The summed E-state index contributed by atoms with van der Waals surface area (Å²) >= 11 is 0. The second-order valence-electron chi connectivity index (χ2n) is 11.0. The fourth-order valence-corrected chi connectivity index (χ4v) is 6.64. The predicted octanol–water partition coefficient (Wildman–Crippen LogP) is 10.6. The van der Waals surface area contributed by atoms with Crippen LogP contribution in [0.1, 0.15) is 0 Å². The average Bonchev–Trinajstić information content (AvgIpc) is 3.40. The minimum atomic E-state index is 0.941. The Morgan fingerprint density at radius 2 is 1.05 bits per heavy atom. The average molecular weight is 533 g/mol. The lowest BCUT2D eigenvalue weighted by atomic mass is 9.92. The second kappa shape index (κ2) is 8.95. The van der Waals surface area contributed by atoms with Crippen LogP contribution in [0, 0.1) is 0 Å². The summed E-state index contributed by atoms with van der Waals surface area (Å²) in [6.45, 7) is 0. The zero-order valence-corrected chi connectivity index (χ0v) is 22.8. The van der Waals surface area contributed by atoms with Crippen molar-refractivity contribution in [1.82, 2.24) is 9.97 Å². The minimum absolute atomic E-state index is 0.941. The third-order valence-electron chi connectivity index (χ3n) is 8.67. The second-order valence-corrected chi connectivity index (χ2v) is 11.0. The molecule has 0 bridgehead atoms. The van der Waals surface area contributed by atoms with E-state index in [9.17, 15) is 0 Å². The van der Waals surface area contributed by atoms with Gasteiger partial charge in [0.15, 0.2) is 0 Å². The first kappa shape index (κ1) is 23.1.